The monoisotopic (exact) mass is 689 g/mol. The second-order valence-corrected chi connectivity index (χ2v) is 15.2. The van der Waals surface area contributed by atoms with E-state index in [1.807, 2.05) is 36.7 Å². The van der Waals surface area contributed by atoms with Gasteiger partial charge in [-0.15, -0.1) is 11.3 Å². The zero-order valence-corrected chi connectivity index (χ0v) is 29.6. The molecule has 2 fully saturated rings. The van der Waals surface area contributed by atoms with Crippen LogP contribution >= 0.6 is 11.3 Å². The SMILES string of the molecule is CCC1CCC(c2ccc(-c3cnc(-c4ccc(C[C@H](NC(=O)c5ccc(C(C)(C)C#N)s5)C(=O)N5CC(C(=O)O)C5)cc4)nc3)cc2)CC1. The minimum absolute atomic E-state index is 0.108. The van der Waals surface area contributed by atoms with Crippen LogP contribution in [-0.2, 0) is 21.4 Å². The van der Waals surface area contributed by atoms with Crippen molar-refractivity contribution in [2.75, 3.05) is 13.1 Å². The molecule has 258 valence electrons. The number of likely N-dealkylation sites (tertiary alicyclic amines) is 1. The number of aliphatic carboxylic acids is 1. The molecule has 2 aromatic carbocycles. The molecule has 9 nitrogen and oxygen atoms in total. The Morgan fingerprint density at radius 3 is 2.18 bits per heavy atom. The van der Waals surface area contributed by atoms with Crippen molar-refractivity contribution < 1.29 is 19.5 Å². The van der Waals surface area contributed by atoms with Crippen LogP contribution < -0.4 is 5.32 Å². The first kappa shape index (κ1) is 35.0. The normalized spacial score (nSPS) is 18.5. The van der Waals surface area contributed by atoms with E-state index in [0.29, 0.717) is 16.6 Å². The van der Waals surface area contributed by atoms with Crippen LogP contribution in [0, 0.1) is 23.2 Å². The van der Waals surface area contributed by atoms with Gasteiger partial charge in [-0.2, -0.15) is 5.26 Å². The third-order valence-electron chi connectivity index (χ3n) is 10.3. The van der Waals surface area contributed by atoms with Gasteiger partial charge in [0.05, 0.1) is 22.3 Å². The van der Waals surface area contributed by atoms with Gasteiger partial charge in [-0.3, -0.25) is 14.4 Å². The maximum absolute atomic E-state index is 13.5. The highest BCUT2D eigenvalue weighted by Crippen LogP contribution is 2.37. The van der Waals surface area contributed by atoms with E-state index < -0.39 is 29.3 Å². The molecular weight excluding hydrogens is 647 g/mol. The second kappa shape index (κ2) is 14.9. The number of nitriles is 1. The van der Waals surface area contributed by atoms with Gasteiger partial charge in [-0.1, -0.05) is 61.9 Å². The summed E-state index contributed by atoms with van der Waals surface area (Å²) in [5, 5.41) is 21.7. The number of benzene rings is 2. The summed E-state index contributed by atoms with van der Waals surface area (Å²) in [5.41, 5.74) is 4.35. The Morgan fingerprint density at radius 2 is 1.58 bits per heavy atom. The van der Waals surface area contributed by atoms with Crippen molar-refractivity contribution in [3.05, 3.63) is 93.9 Å². The summed E-state index contributed by atoms with van der Waals surface area (Å²) in [6, 6.07) is 21.2. The smallest absolute Gasteiger partial charge is 0.310 e. The van der Waals surface area contributed by atoms with Gasteiger partial charge in [0, 0.05) is 47.9 Å². The molecule has 1 atom stereocenters. The van der Waals surface area contributed by atoms with E-state index in [0.717, 1.165) is 33.0 Å². The Bertz CT molecular complexity index is 1860. The van der Waals surface area contributed by atoms with Gasteiger partial charge in [0.2, 0.25) is 5.91 Å². The van der Waals surface area contributed by atoms with Crippen molar-refractivity contribution in [1.82, 2.24) is 20.2 Å². The summed E-state index contributed by atoms with van der Waals surface area (Å²) in [5.74, 6) is -0.178. The molecule has 0 bridgehead atoms. The minimum atomic E-state index is -0.940. The topological polar surface area (TPSA) is 136 Å². The maximum Gasteiger partial charge on any atom is 0.310 e. The summed E-state index contributed by atoms with van der Waals surface area (Å²) < 4.78 is 0. The minimum Gasteiger partial charge on any atom is -0.481 e. The van der Waals surface area contributed by atoms with Crippen LogP contribution in [-0.4, -0.2) is 56.9 Å². The van der Waals surface area contributed by atoms with Crippen molar-refractivity contribution in [2.45, 2.75) is 76.7 Å². The van der Waals surface area contributed by atoms with Crippen molar-refractivity contribution in [2.24, 2.45) is 11.8 Å². The Morgan fingerprint density at radius 1 is 0.940 bits per heavy atom. The number of carbonyl (C=O) groups excluding carboxylic acids is 2. The highest BCUT2D eigenvalue weighted by molar-refractivity contribution is 7.14. The molecule has 0 radical (unpaired) electrons. The lowest BCUT2D eigenvalue weighted by molar-refractivity contribution is -0.153. The highest BCUT2D eigenvalue weighted by atomic mass is 32.1. The highest BCUT2D eigenvalue weighted by Gasteiger charge is 2.39. The number of carboxylic acid groups (broad SMARTS) is 1. The predicted molar refractivity (Wildman–Crippen MR) is 194 cm³/mol. The molecule has 2 aliphatic rings. The van der Waals surface area contributed by atoms with Crippen LogP contribution in [0.25, 0.3) is 22.5 Å². The molecule has 0 unspecified atom stereocenters. The molecule has 3 heterocycles. The number of amides is 2. The van der Waals surface area contributed by atoms with E-state index >= 15 is 0 Å². The molecule has 4 aromatic rings. The summed E-state index contributed by atoms with van der Waals surface area (Å²) in [4.78, 5) is 50.1. The molecule has 6 rings (SSSR count). The Kier molecular flexibility index (Phi) is 10.4. The molecule has 2 aromatic heterocycles. The molecule has 50 heavy (non-hydrogen) atoms. The molecule has 1 saturated heterocycles. The van der Waals surface area contributed by atoms with Gasteiger partial charge < -0.3 is 15.3 Å². The van der Waals surface area contributed by atoms with Crippen molar-refractivity contribution in [1.29, 1.82) is 5.26 Å². The number of aromatic nitrogens is 2. The first-order chi connectivity index (χ1) is 24.0. The Labute approximate surface area is 297 Å². The van der Waals surface area contributed by atoms with Gasteiger partial charge in [0.25, 0.3) is 5.91 Å². The number of carbonyl (C=O) groups is 3. The summed E-state index contributed by atoms with van der Waals surface area (Å²) in [7, 11) is 0. The number of nitrogens with one attached hydrogen (secondary N) is 1. The Balaban J connectivity index is 1.12. The number of hydrogen-bond donors (Lipinski definition) is 2. The third-order valence-corrected chi connectivity index (χ3v) is 11.7. The van der Waals surface area contributed by atoms with Gasteiger partial charge in [-0.05, 0) is 80.2 Å². The van der Waals surface area contributed by atoms with E-state index in [9.17, 15) is 24.8 Å². The number of rotatable bonds is 11. The molecule has 1 aliphatic carbocycles. The first-order valence-corrected chi connectivity index (χ1v) is 18.2. The fraction of sp³-hybridized carbons (Fsp3) is 0.400. The quantitative estimate of drug-likeness (QED) is 0.169. The molecule has 10 heteroatoms. The van der Waals surface area contributed by atoms with Crippen LogP contribution in [0.2, 0.25) is 0 Å². The molecule has 0 spiro atoms. The zero-order chi connectivity index (χ0) is 35.4. The zero-order valence-electron chi connectivity index (χ0n) is 28.8. The molecule has 2 amide bonds. The summed E-state index contributed by atoms with van der Waals surface area (Å²) >= 11 is 1.22. The van der Waals surface area contributed by atoms with E-state index in [1.165, 1.54) is 53.9 Å². The maximum atomic E-state index is 13.5. The fourth-order valence-electron chi connectivity index (χ4n) is 6.82. The average molecular weight is 690 g/mol. The van der Waals surface area contributed by atoms with Gasteiger partial charge in [-0.25, -0.2) is 9.97 Å². The standard InChI is InChI=1S/C40H43N5O4S/c1-4-25-5-9-27(10-6-25)28-13-15-29(16-14-28)31-20-42-36(43-21-31)30-11-7-26(8-12-30)19-33(38(47)45-22-32(23-45)39(48)49)44-37(46)34-17-18-35(50-34)40(2,3)24-41/h7-8,11-18,20-21,25,27,32-33H,4-6,9-10,19,22-23H2,1-3H3,(H,44,46)(H,48,49)/t25?,27?,33-/m0/s1. The van der Waals surface area contributed by atoms with E-state index in [1.54, 1.807) is 26.0 Å². The van der Waals surface area contributed by atoms with E-state index in [-0.39, 0.29) is 25.4 Å². The van der Waals surface area contributed by atoms with Gasteiger partial charge in [0.15, 0.2) is 5.82 Å². The van der Waals surface area contributed by atoms with E-state index in [4.69, 9.17) is 0 Å². The fourth-order valence-corrected chi connectivity index (χ4v) is 7.78. The van der Waals surface area contributed by atoms with Gasteiger partial charge >= 0.3 is 5.97 Å². The van der Waals surface area contributed by atoms with Crippen molar-refractivity contribution >= 4 is 29.1 Å². The molecule has 1 saturated carbocycles. The van der Waals surface area contributed by atoms with Crippen LogP contribution in [0.5, 0.6) is 0 Å². The van der Waals surface area contributed by atoms with Crippen molar-refractivity contribution in [3.8, 4) is 28.6 Å². The van der Waals surface area contributed by atoms with Gasteiger partial charge in [0.1, 0.15) is 6.04 Å². The second-order valence-electron chi connectivity index (χ2n) is 14.1. The first-order valence-electron chi connectivity index (χ1n) is 17.4. The van der Waals surface area contributed by atoms with E-state index in [2.05, 4.69) is 52.5 Å². The molecular formula is C40H43N5O4S. The number of nitrogens with zero attached hydrogens (tertiary/aromatic N) is 4. The number of carboxylic acids is 1. The van der Waals surface area contributed by atoms with Crippen LogP contribution in [0.15, 0.2) is 73.1 Å². The predicted octanol–water partition coefficient (Wildman–Crippen LogP) is 7.24. The van der Waals surface area contributed by atoms with Crippen LogP contribution in [0.3, 0.4) is 0 Å². The third kappa shape index (κ3) is 7.79. The average Bonchev–Trinajstić information content (AvgIpc) is 3.63. The Hall–Kier alpha value is -4.88. The number of hydrogen-bond acceptors (Lipinski definition) is 7. The summed E-state index contributed by atoms with van der Waals surface area (Å²) in [6.45, 7) is 6.09. The van der Waals surface area contributed by atoms with Crippen LogP contribution in [0.4, 0.5) is 0 Å². The summed E-state index contributed by atoms with van der Waals surface area (Å²) in [6.07, 6.45) is 10.4. The largest absolute Gasteiger partial charge is 0.481 e. The lowest BCUT2D eigenvalue weighted by Gasteiger charge is -2.38. The lowest BCUT2D eigenvalue weighted by atomic mass is 9.78. The van der Waals surface area contributed by atoms with Crippen molar-refractivity contribution in [3.63, 3.8) is 0 Å². The number of thiophene rings is 1. The molecule has 2 N–H and O–H groups in total. The molecule has 1 aliphatic heterocycles. The van der Waals surface area contributed by atoms with Crippen LogP contribution in [0.1, 0.15) is 84.5 Å². The lowest BCUT2D eigenvalue weighted by Crippen LogP contribution is -2.59.